The molecule has 0 amide bonds. The number of rotatable bonds is 6. The zero-order valence-corrected chi connectivity index (χ0v) is 18.3. The predicted octanol–water partition coefficient (Wildman–Crippen LogP) is 2.89. The van der Waals surface area contributed by atoms with E-state index < -0.39 is 0 Å². The first-order valence-electron chi connectivity index (χ1n) is 10.8. The van der Waals surface area contributed by atoms with Gasteiger partial charge in [-0.05, 0) is 36.1 Å². The first-order chi connectivity index (χ1) is 15.5. The number of hydrogen-bond donors (Lipinski definition) is 3. The van der Waals surface area contributed by atoms with Crippen LogP contribution in [0.5, 0.6) is 5.75 Å². The largest absolute Gasteiger partial charge is 0.495 e. The SMILES string of the molecule is COc1cccc(C(=N)N=C(N)CCN2CCC3=C(CC(c4cncnc4)C=C3)C2)c1N. The molecule has 1 aromatic heterocycles. The Morgan fingerprint density at radius 2 is 2.12 bits per heavy atom. The Balaban J connectivity index is 1.34. The number of nitrogens with one attached hydrogen (secondary N) is 1. The maximum absolute atomic E-state index is 8.28. The molecule has 1 aromatic carbocycles. The van der Waals surface area contributed by atoms with Gasteiger partial charge in [0, 0.05) is 49.9 Å². The fourth-order valence-electron chi connectivity index (χ4n) is 4.25. The third-order valence-corrected chi connectivity index (χ3v) is 6.05. The van der Waals surface area contributed by atoms with Crippen LogP contribution in [0.3, 0.4) is 0 Å². The van der Waals surface area contributed by atoms with E-state index in [1.807, 2.05) is 12.4 Å². The molecule has 8 heteroatoms. The van der Waals surface area contributed by atoms with Gasteiger partial charge in [-0.3, -0.25) is 10.3 Å². The first-order valence-corrected chi connectivity index (χ1v) is 10.8. The molecule has 1 aliphatic heterocycles. The molecule has 0 fully saturated rings. The van der Waals surface area contributed by atoms with Crippen LogP contribution >= 0.6 is 0 Å². The van der Waals surface area contributed by atoms with E-state index in [2.05, 4.69) is 32.0 Å². The monoisotopic (exact) mass is 431 g/mol. The highest BCUT2D eigenvalue weighted by atomic mass is 16.5. The highest BCUT2D eigenvalue weighted by Gasteiger charge is 2.24. The Morgan fingerprint density at radius 3 is 2.91 bits per heavy atom. The van der Waals surface area contributed by atoms with Gasteiger partial charge in [0.1, 0.15) is 17.9 Å². The van der Waals surface area contributed by atoms with Crippen molar-refractivity contribution in [2.24, 2.45) is 10.7 Å². The summed E-state index contributed by atoms with van der Waals surface area (Å²) < 4.78 is 5.22. The maximum Gasteiger partial charge on any atom is 0.156 e. The predicted molar refractivity (Wildman–Crippen MR) is 127 cm³/mol. The number of benzene rings is 1. The van der Waals surface area contributed by atoms with Crippen molar-refractivity contribution in [1.29, 1.82) is 5.41 Å². The summed E-state index contributed by atoms with van der Waals surface area (Å²) in [6.07, 6.45) is 12.5. The zero-order valence-electron chi connectivity index (χ0n) is 18.3. The average molecular weight is 432 g/mol. The summed E-state index contributed by atoms with van der Waals surface area (Å²) in [4.78, 5) is 15.0. The Labute approximate surface area is 188 Å². The van der Waals surface area contributed by atoms with Crippen LogP contribution in [0.2, 0.25) is 0 Å². The Kier molecular flexibility index (Phi) is 6.61. The van der Waals surface area contributed by atoms with Crippen molar-refractivity contribution in [3.05, 3.63) is 71.3 Å². The molecule has 0 radical (unpaired) electrons. The van der Waals surface area contributed by atoms with Crippen molar-refractivity contribution in [2.75, 3.05) is 32.5 Å². The number of para-hydroxylation sites is 1. The van der Waals surface area contributed by atoms with Crippen LogP contribution in [0.1, 0.15) is 36.3 Å². The molecule has 2 heterocycles. The molecule has 0 bridgehead atoms. The molecule has 1 atom stereocenters. The summed E-state index contributed by atoms with van der Waals surface area (Å²) in [5, 5.41) is 8.28. The van der Waals surface area contributed by atoms with Gasteiger partial charge in [-0.1, -0.05) is 23.8 Å². The minimum absolute atomic E-state index is 0.0490. The maximum atomic E-state index is 8.28. The standard InChI is InChI=1S/C24H29N7O/c1-32-21-4-2-3-20(23(21)26)24(27)30-22(25)8-10-31-9-7-16-5-6-17(11-18(16)14-31)19-12-28-15-29-13-19/h2-6,12-13,15,17H,7-11,14,26H2,1H3,(H3,25,27,30). The molecule has 32 heavy (non-hydrogen) atoms. The second kappa shape index (κ2) is 9.74. The molecule has 2 aromatic rings. The number of aliphatic imine (C=N–C) groups is 1. The van der Waals surface area contributed by atoms with Crippen molar-refractivity contribution in [1.82, 2.24) is 14.9 Å². The number of methoxy groups -OCH3 is 1. The second-order valence-corrected chi connectivity index (χ2v) is 8.12. The van der Waals surface area contributed by atoms with E-state index in [9.17, 15) is 0 Å². The first kappa shape index (κ1) is 21.7. The van der Waals surface area contributed by atoms with Gasteiger partial charge in [-0.2, -0.15) is 0 Å². The number of nitrogens with zero attached hydrogens (tertiary/aromatic N) is 4. The summed E-state index contributed by atoms with van der Waals surface area (Å²) in [6, 6.07) is 5.30. The van der Waals surface area contributed by atoms with Crippen molar-refractivity contribution in [2.45, 2.75) is 25.2 Å². The van der Waals surface area contributed by atoms with Crippen LogP contribution in [0.4, 0.5) is 5.69 Å². The van der Waals surface area contributed by atoms with Crippen molar-refractivity contribution in [3.63, 3.8) is 0 Å². The lowest BCUT2D eigenvalue weighted by molar-refractivity contribution is 0.289. The van der Waals surface area contributed by atoms with Gasteiger partial charge in [0.05, 0.1) is 12.8 Å². The van der Waals surface area contributed by atoms with Gasteiger partial charge in [0.2, 0.25) is 0 Å². The fourth-order valence-corrected chi connectivity index (χ4v) is 4.25. The number of amidine groups is 2. The lowest BCUT2D eigenvalue weighted by Crippen LogP contribution is -2.35. The highest BCUT2D eigenvalue weighted by molar-refractivity contribution is 6.08. The number of nitrogen functional groups attached to an aromatic ring is 1. The normalized spacial score (nSPS) is 19.0. The molecule has 1 unspecified atom stereocenters. The van der Waals surface area contributed by atoms with Crippen LogP contribution in [-0.4, -0.2) is 53.3 Å². The van der Waals surface area contributed by atoms with Gasteiger partial charge in [0.25, 0.3) is 0 Å². The summed E-state index contributed by atoms with van der Waals surface area (Å²) in [5.41, 5.74) is 17.2. The molecule has 0 spiro atoms. The molecule has 1 aliphatic carbocycles. The molecular weight excluding hydrogens is 402 g/mol. The number of ether oxygens (including phenoxy) is 1. The van der Waals surface area contributed by atoms with Crippen LogP contribution in [0.15, 0.2) is 65.2 Å². The number of allylic oxidation sites excluding steroid dienone is 2. The van der Waals surface area contributed by atoms with Gasteiger partial charge < -0.3 is 16.2 Å². The van der Waals surface area contributed by atoms with E-state index in [0.29, 0.717) is 35.2 Å². The Bertz CT molecular complexity index is 1080. The van der Waals surface area contributed by atoms with Crippen molar-refractivity contribution < 1.29 is 4.74 Å². The minimum Gasteiger partial charge on any atom is -0.495 e. The van der Waals surface area contributed by atoms with E-state index in [4.69, 9.17) is 21.6 Å². The minimum atomic E-state index is 0.0490. The molecule has 2 aliphatic rings. The van der Waals surface area contributed by atoms with E-state index in [1.165, 1.54) is 11.1 Å². The summed E-state index contributed by atoms with van der Waals surface area (Å²) in [6.45, 7) is 2.73. The number of nitrogens with two attached hydrogens (primary N) is 2. The quantitative estimate of drug-likeness (QED) is 0.367. The average Bonchev–Trinajstić information content (AvgIpc) is 2.83. The van der Waals surface area contributed by atoms with Crippen molar-refractivity contribution in [3.8, 4) is 5.75 Å². The van der Waals surface area contributed by atoms with Gasteiger partial charge in [-0.15, -0.1) is 0 Å². The summed E-state index contributed by atoms with van der Waals surface area (Å²) in [7, 11) is 1.55. The molecule has 4 rings (SSSR count). The van der Waals surface area contributed by atoms with Crippen molar-refractivity contribution >= 4 is 17.4 Å². The lowest BCUT2D eigenvalue weighted by atomic mass is 9.83. The summed E-state index contributed by atoms with van der Waals surface area (Å²) >= 11 is 0. The number of hydrogen-bond acceptors (Lipinski definition) is 6. The Morgan fingerprint density at radius 1 is 1.31 bits per heavy atom. The summed E-state index contributed by atoms with van der Waals surface area (Å²) in [5.74, 6) is 1.34. The molecule has 166 valence electrons. The van der Waals surface area contributed by atoms with E-state index in [1.54, 1.807) is 31.6 Å². The van der Waals surface area contributed by atoms with E-state index in [0.717, 1.165) is 38.0 Å². The molecular formula is C24H29N7O. The zero-order chi connectivity index (χ0) is 22.5. The van der Waals surface area contributed by atoms with Crippen LogP contribution in [0, 0.1) is 5.41 Å². The second-order valence-electron chi connectivity index (χ2n) is 8.12. The van der Waals surface area contributed by atoms with Crippen LogP contribution < -0.4 is 16.2 Å². The highest BCUT2D eigenvalue weighted by Crippen LogP contribution is 2.34. The van der Waals surface area contributed by atoms with E-state index >= 15 is 0 Å². The third-order valence-electron chi connectivity index (χ3n) is 6.05. The van der Waals surface area contributed by atoms with Gasteiger partial charge in [-0.25, -0.2) is 15.0 Å². The van der Waals surface area contributed by atoms with Crippen LogP contribution in [0.25, 0.3) is 0 Å². The van der Waals surface area contributed by atoms with Gasteiger partial charge >= 0.3 is 0 Å². The molecule has 5 N–H and O–H groups in total. The fraction of sp³-hybridized carbons (Fsp3) is 0.333. The smallest absolute Gasteiger partial charge is 0.156 e. The lowest BCUT2D eigenvalue weighted by Gasteiger charge is -2.33. The molecule has 8 nitrogen and oxygen atoms in total. The van der Waals surface area contributed by atoms with Crippen LogP contribution in [-0.2, 0) is 0 Å². The van der Waals surface area contributed by atoms with E-state index in [-0.39, 0.29) is 5.84 Å². The number of anilines is 1. The molecule has 0 saturated carbocycles. The Hall–Kier alpha value is -3.52. The van der Waals surface area contributed by atoms with Gasteiger partial charge in [0.15, 0.2) is 5.84 Å². The topological polar surface area (TPSA) is 126 Å². The third kappa shape index (κ3) is 4.86. The number of aromatic nitrogens is 2. The molecule has 0 saturated heterocycles.